The molecule has 1 saturated heterocycles. The normalized spacial score (nSPS) is 14.7. The molecule has 34 heavy (non-hydrogen) atoms. The summed E-state index contributed by atoms with van der Waals surface area (Å²) in [6, 6.07) is 17.9. The number of hydrogen-bond donors (Lipinski definition) is 0. The second-order valence-electron chi connectivity index (χ2n) is 8.72. The minimum Gasteiger partial charge on any atom is -0.340 e. The molecule has 3 heterocycles. The van der Waals surface area contributed by atoms with Crippen molar-refractivity contribution in [1.82, 2.24) is 23.6 Å². The van der Waals surface area contributed by atoms with Gasteiger partial charge in [0, 0.05) is 51.8 Å². The van der Waals surface area contributed by atoms with Gasteiger partial charge in [-0.05, 0) is 17.2 Å². The van der Waals surface area contributed by atoms with Crippen LogP contribution >= 0.6 is 11.6 Å². The zero-order valence-electron chi connectivity index (χ0n) is 19.3. The van der Waals surface area contributed by atoms with Gasteiger partial charge < -0.3 is 4.90 Å². The number of rotatable bonds is 5. The quantitative estimate of drug-likeness (QED) is 0.441. The average molecular weight is 479 g/mol. The Morgan fingerprint density at radius 3 is 2.24 bits per heavy atom. The Hall–Kier alpha value is -3.36. The number of anilines is 1. The third-order valence-corrected chi connectivity index (χ3v) is 6.89. The minimum atomic E-state index is -0.377. The molecule has 0 atom stereocenters. The van der Waals surface area contributed by atoms with E-state index in [2.05, 4.69) is 15.9 Å². The van der Waals surface area contributed by atoms with Crippen LogP contribution in [-0.2, 0) is 27.2 Å². The van der Waals surface area contributed by atoms with Gasteiger partial charge in [-0.2, -0.15) is 4.98 Å². The van der Waals surface area contributed by atoms with E-state index in [0.717, 1.165) is 59.4 Å². The predicted molar refractivity (Wildman–Crippen MR) is 135 cm³/mol. The summed E-state index contributed by atoms with van der Waals surface area (Å²) >= 11 is 6.36. The molecular formula is C25H27ClN6O2. The van der Waals surface area contributed by atoms with Crippen LogP contribution in [0.15, 0.2) is 64.2 Å². The summed E-state index contributed by atoms with van der Waals surface area (Å²) < 4.78 is 4.56. The number of piperazine rings is 1. The first-order valence-electron chi connectivity index (χ1n) is 11.3. The van der Waals surface area contributed by atoms with E-state index in [0.29, 0.717) is 17.7 Å². The smallest absolute Gasteiger partial charge is 0.332 e. The Balaban J connectivity index is 1.49. The fourth-order valence-corrected chi connectivity index (χ4v) is 4.76. The molecule has 0 spiro atoms. The molecule has 1 aliphatic rings. The Kier molecular flexibility index (Phi) is 6.02. The summed E-state index contributed by atoms with van der Waals surface area (Å²) in [7, 11) is 3.17. The third kappa shape index (κ3) is 4.03. The Labute approximate surface area is 202 Å². The molecule has 2 aromatic carbocycles. The summed E-state index contributed by atoms with van der Waals surface area (Å²) in [4.78, 5) is 35.1. The third-order valence-electron chi connectivity index (χ3n) is 6.52. The molecule has 176 valence electrons. The first-order valence-corrected chi connectivity index (χ1v) is 11.7. The van der Waals surface area contributed by atoms with E-state index >= 15 is 0 Å². The van der Waals surface area contributed by atoms with Crippen molar-refractivity contribution >= 4 is 28.7 Å². The van der Waals surface area contributed by atoms with E-state index < -0.39 is 0 Å². The molecule has 0 saturated carbocycles. The van der Waals surface area contributed by atoms with Crippen LogP contribution in [0.25, 0.3) is 11.2 Å². The number of imidazole rings is 1. The van der Waals surface area contributed by atoms with Crippen LogP contribution in [0.2, 0.25) is 5.02 Å². The van der Waals surface area contributed by atoms with Crippen LogP contribution in [0.4, 0.5) is 5.95 Å². The van der Waals surface area contributed by atoms with Crippen LogP contribution in [0, 0.1) is 0 Å². The molecule has 1 aliphatic heterocycles. The molecular weight excluding hydrogens is 452 g/mol. The van der Waals surface area contributed by atoms with Gasteiger partial charge >= 0.3 is 5.69 Å². The van der Waals surface area contributed by atoms with Crippen molar-refractivity contribution in [3.63, 3.8) is 0 Å². The highest BCUT2D eigenvalue weighted by Crippen LogP contribution is 2.24. The Bertz CT molecular complexity index is 1450. The van der Waals surface area contributed by atoms with Gasteiger partial charge in [-0.25, -0.2) is 4.79 Å². The highest BCUT2D eigenvalue weighted by molar-refractivity contribution is 6.31. The van der Waals surface area contributed by atoms with E-state index in [-0.39, 0.29) is 11.2 Å². The van der Waals surface area contributed by atoms with Crippen molar-refractivity contribution < 1.29 is 0 Å². The summed E-state index contributed by atoms with van der Waals surface area (Å²) in [5.41, 5.74) is 2.34. The summed E-state index contributed by atoms with van der Waals surface area (Å²) in [6.45, 7) is 4.50. The zero-order chi connectivity index (χ0) is 23.8. The molecule has 8 nitrogen and oxygen atoms in total. The molecule has 4 aromatic rings. The van der Waals surface area contributed by atoms with Crippen LogP contribution < -0.4 is 16.1 Å². The van der Waals surface area contributed by atoms with Gasteiger partial charge in [0.25, 0.3) is 5.56 Å². The second-order valence-corrected chi connectivity index (χ2v) is 9.12. The number of benzene rings is 2. The van der Waals surface area contributed by atoms with Gasteiger partial charge in [-0.3, -0.25) is 23.4 Å². The lowest BCUT2D eigenvalue weighted by Crippen LogP contribution is -2.47. The monoisotopic (exact) mass is 478 g/mol. The highest BCUT2D eigenvalue weighted by Gasteiger charge is 2.26. The fraction of sp³-hybridized carbons (Fsp3) is 0.320. The molecule has 0 bridgehead atoms. The molecule has 5 rings (SSSR count). The standard InChI is InChI=1S/C25H27ClN6O2/c1-28-22-21(23(33)29(2)25(28)34)32(16-18-8-4-3-5-9-18)24(27-22)31-14-12-30(13-15-31)17-19-10-6-7-11-20(19)26/h3-11H,12-17H2,1-2H3. The summed E-state index contributed by atoms with van der Waals surface area (Å²) in [5, 5.41) is 0.784. The van der Waals surface area contributed by atoms with Crippen LogP contribution in [0.1, 0.15) is 11.1 Å². The molecule has 0 radical (unpaired) electrons. The van der Waals surface area contributed by atoms with Gasteiger partial charge in [-0.15, -0.1) is 0 Å². The number of aromatic nitrogens is 4. The molecule has 1 fully saturated rings. The predicted octanol–water partition coefficient (Wildman–Crippen LogP) is 2.46. The van der Waals surface area contributed by atoms with Crippen molar-refractivity contribution in [3.8, 4) is 0 Å². The van der Waals surface area contributed by atoms with Crippen LogP contribution in [-0.4, -0.2) is 49.8 Å². The van der Waals surface area contributed by atoms with E-state index in [1.807, 2.05) is 53.1 Å². The lowest BCUT2D eigenvalue weighted by Gasteiger charge is -2.35. The minimum absolute atomic E-state index is 0.329. The maximum absolute atomic E-state index is 13.1. The first kappa shape index (κ1) is 22.4. The van der Waals surface area contributed by atoms with Crippen LogP contribution in [0.3, 0.4) is 0 Å². The van der Waals surface area contributed by atoms with Crippen LogP contribution in [0.5, 0.6) is 0 Å². The molecule has 2 aromatic heterocycles. The Morgan fingerprint density at radius 2 is 1.53 bits per heavy atom. The SMILES string of the molecule is Cn1c(=O)c2c(nc(N3CCN(Cc4ccccc4Cl)CC3)n2Cc2ccccc2)n(C)c1=O. The molecule has 0 aliphatic carbocycles. The van der Waals surface area contributed by atoms with E-state index in [1.54, 1.807) is 7.05 Å². The van der Waals surface area contributed by atoms with Gasteiger partial charge in [0.15, 0.2) is 11.2 Å². The van der Waals surface area contributed by atoms with Gasteiger partial charge in [0.05, 0.1) is 6.54 Å². The number of hydrogen-bond acceptors (Lipinski definition) is 5. The van der Waals surface area contributed by atoms with Crippen molar-refractivity contribution in [3.05, 3.63) is 91.6 Å². The topological polar surface area (TPSA) is 68.3 Å². The number of nitrogens with zero attached hydrogens (tertiary/aromatic N) is 6. The largest absolute Gasteiger partial charge is 0.340 e. The van der Waals surface area contributed by atoms with E-state index in [1.165, 1.54) is 11.6 Å². The number of aryl methyl sites for hydroxylation is 1. The zero-order valence-corrected chi connectivity index (χ0v) is 20.1. The first-order chi connectivity index (χ1) is 16.4. The summed E-state index contributed by atoms with van der Waals surface area (Å²) in [6.07, 6.45) is 0. The molecule has 9 heteroatoms. The second kappa shape index (κ2) is 9.12. The average Bonchev–Trinajstić information content (AvgIpc) is 3.23. The summed E-state index contributed by atoms with van der Waals surface area (Å²) in [5.74, 6) is 0.717. The van der Waals surface area contributed by atoms with Gasteiger partial charge in [0.2, 0.25) is 5.95 Å². The maximum atomic E-state index is 13.1. The number of fused-ring (bicyclic) bond motifs is 1. The lowest BCUT2D eigenvalue weighted by molar-refractivity contribution is 0.248. The molecule has 0 N–H and O–H groups in total. The molecule has 0 unspecified atom stereocenters. The van der Waals surface area contributed by atoms with E-state index in [4.69, 9.17) is 16.6 Å². The van der Waals surface area contributed by atoms with Crippen molar-refractivity contribution in [1.29, 1.82) is 0 Å². The fourth-order valence-electron chi connectivity index (χ4n) is 4.57. The number of halogens is 1. The molecule has 0 amide bonds. The van der Waals surface area contributed by atoms with Crippen molar-refractivity contribution in [2.75, 3.05) is 31.1 Å². The lowest BCUT2D eigenvalue weighted by atomic mass is 10.2. The van der Waals surface area contributed by atoms with Gasteiger partial charge in [-0.1, -0.05) is 60.1 Å². The van der Waals surface area contributed by atoms with Gasteiger partial charge in [0.1, 0.15) is 0 Å². The van der Waals surface area contributed by atoms with E-state index in [9.17, 15) is 9.59 Å². The maximum Gasteiger partial charge on any atom is 0.332 e. The van der Waals surface area contributed by atoms with Crippen molar-refractivity contribution in [2.45, 2.75) is 13.1 Å². The Morgan fingerprint density at radius 1 is 0.853 bits per heavy atom. The van der Waals surface area contributed by atoms with Crippen molar-refractivity contribution in [2.24, 2.45) is 14.1 Å². The highest BCUT2D eigenvalue weighted by atomic mass is 35.5.